The first kappa shape index (κ1) is 12.3. The predicted octanol–water partition coefficient (Wildman–Crippen LogP) is 4.15. The van der Waals surface area contributed by atoms with Gasteiger partial charge in [0.2, 0.25) is 0 Å². The molecule has 0 bridgehead atoms. The zero-order chi connectivity index (χ0) is 14.2. The molecule has 104 valence electrons. The van der Waals surface area contributed by atoms with Crippen LogP contribution in [-0.4, -0.2) is 9.97 Å². The average Bonchev–Trinajstić information content (AvgIpc) is 2.45. The molecule has 4 rings (SSSR count). The third kappa shape index (κ3) is 2.05. The summed E-state index contributed by atoms with van der Waals surface area (Å²) in [4.78, 5) is 9.27. The van der Waals surface area contributed by atoms with Gasteiger partial charge in [-0.25, -0.2) is 9.97 Å². The number of nitrogen functional groups attached to an aromatic ring is 1. The van der Waals surface area contributed by atoms with E-state index in [0.29, 0.717) is 11.7 Å². The summed E-state index contributed by atoms with van der Waals surface area (Å²) in [5, 5.41) is 0. The van der Waals surface area contributed by atoms with Gasteiger partial charge >= 0.3 is 0 Å². The molecule has 0 aliphatic heterocycles. The molecule has 1 aliphatic carbocycles. The molecule has 3 nitrogen and oxygen atoms in total. The molecule has 3 aromatic rings. The van der Waals surface area contributed by atoms with Gasteiger partial charge in [0.15, 0.2) is 5.82 Å². The lowest BCUT2D eigenvalue weighted by atomic mass is 9.78. The van der Waals surface area contributed by atoms with Crippen molar-refractivity contribution in [2.24, 2.45) is 0 Å². The van der Waals surface area contributed by atoms with Crippen LogP contribution in [0.15, 0.2) is 48.5 Å². The van der Waals surface area contributed by atoms with Crippen molar-refractivity contribution in [1.82, 2.24) is 9.97 Å². The second-order valence-electron chi connectivity index (χ2n) is 5.66. The summed E-state index contributed by atoms with van der Waals surface area (Å²) < 4.78 is 0. The van der Waals surface area contributed by atoms with Gasteiger partial charge in [-0.2, -0.15) is 0 Å². The number of anilines is 1. The fourth-order valence-electron chi connectivity index (χ4n) is 3.00. The van der Waals surface area contributed by atoms with Gasteiger partial charge in [0.1, 0.15) is 5.69 Å². The molecule has 1 saturated carbocycles. The third-order valence-electron chi connectivity index (χ3n) is 4.36. The number of hydrogen-bond acceptors (Lipinski definition) is 3. The number of rotatable bonds is 2. The highest BCUT2D eigenvalue weighted by atomic mass is 14.9. The van der Waals surface area contributed by atoms with E-state index >= 15 is 0 Å². The van der Waals surface area contributed by atoms with Crippen LogP contribution in [0.4, 0.5) is 5.82 Å². The van der Waals surface area contributed by atoms with Crippen molar-refractivity contribution in [1.29, 1.82) is 0 Å². The minimum absolute atomic E-state index is 0.514. The van der Waals surface area contributed by atoms with E-state index in [1.807, 2.05) is 30.3 Å². The molecule has 1 aliphatic rings. The molecule has 0 amide bonds. The van der Waals surface area contributed by atoms with Gasteiger partial charge in [-0.3, -0.25) is 0 Å². The second kappa shape index (κ2) is 4.85. The minimum atomic E-state index is 0.514. The molecule has 1 heterocycles. The van der Waals surface area contributed by atoms with Crippen LogP contribution in [0.3, 0.4) is 0 Å². The predicted molar refractivity (Wildman–Crippen MR) is 86.0 cm³/mol. The Balaban J connectivity index is 1.92. The smallest absolute Gasteiger partial charge is 0.150 e. The van der Waals surface area contributed by atoms with Gasteiger partial charge < -0.3 is 5.73 Å². The summed E-state index contributed by atoms with van der Waals surface area (Å²) in [6, 6.07) is 16.3. The van der Waals surface area contributed by atoms with E-state index in [1.165, 1.54) is 24.8 Å². The second-order valence-corrected chi connectivity index (χ2v) is 5.66. The largest absolute Gasteiger partial charge is 0.382 e. The van der Waals surface area contributed by atoms with Crippen LogP contribution < -0.4 is 5.73 Å². The molecule has 0 atom stereocenters. The number of fused-ring (bicyclic) bond motifs is 1. The summed E-state index contributed by atoms with van der Waals surface area (Å²) in [5.41, 5.74) is 11.2. The van der Waals surface area contributed by atoms with Gasteiger partial charge in [-0.15, -0.1) is 0 Å². The lowest BCUT2D eigenvalue weighted by Gasteiger charge is -2.28. The normalized spacial score (nSPS) is 15.0. The Hall–Kier alpha value is -2.42. The summed E-state index contributed by atoms with van der Waals surface area (Å²) >= 11 is 0. The Morgan fingerprint density at radius 1 is 0.857 bits per heavy atom. The molecule has 1 aromatic heterocycles. The maximum atomic E-state index is 6.17. The van der Waals surface area contributed by atoms with E-state index in [-0.39, 0.29) is 0 Å². The van der Waals surface area contributed by atoms with Crippen LogP contribution >= 0.6 is 0 Å². The number of benzene rings is 2. The first-order valence-electron chi connectivity index (χ1n) is 7.44. The van der Waals surface area contributed by atoms with E-state index in [4.69, 9.17) is 10.7 Å². The van der Waals surface area contributed by atoms with E-state index in [0.717, 1.165) is 22.3 Å². The zero-order valence-corrected chi connectivity index (χ0v) is 11.8. The van der Waals surface area contributed by atoms with Crippen molar-refractivity contribution < 1.29 is 0 Å². The van der Waals surface area contributed by atoms with Crippen molar-refractivity contribution in [2.75, 3.05) is 5.73 Å². The summed E-state index contributed by atoms with van der Waals surface area (Å²) in [6.07, 6.45) is 3.84. The van der Waals surface area contributed by atoms with Crippen LogP contribution in [-0.2, 0) is 0 Å². The van der Waals surface area contributed by atoms with Crippen LogP contribution in [0.1, 0.15) is 30.7 Å². The number of hydrogen-bond donors (Lipinski definition) is 1. The summed E-state index contributed by atoms with van der Waals surface area (Å²) in [7, 11) is 0. The number of para-hydroxylation sites is 2. The van der Waals surface area contributed by atoms with Gasteiger partial charge in [0.25, 0.3) is 0 Å². The monoisotopic (exact) mass is 275 g/mol. The Bertz CT molecular complexity index is 806. The van der Waals surface area contributed by atoms with E-state index in [1.54, 1.807) is 0 Å². The first-order chi connectivity index (χ1) is 10.3. The van der Waals surface area contributed by atoms with Gasteiger partial charge in [0, 0.05) is 5.56 Å². The molecule has 0 spiro atoms. The molecular formula is C18H17N3. The topological polar surface area (TPSA) is 51.8 Å². The Labute approximate surface area is 123 Å². The van der Waals surface area contributed by atoms with E-state index < -0.39 is 0 Å². The third-order valence-corrected chi connectivity index (χ3v) is 4.36. The maximum Gasteiger partial charge on any atom is 0.150 e. The van der Waals surface area contributed by atoms with E-state index in [9.17, 15) is 0 Å². The van der Waals surface area contributed by atoms with Crippen LogP contribution in [0, 0.1) is 0 Å². The average molecular weight is 275 g/mol. The first-order valence-corrected chi connectivity index (χ1v) is 7.44. The quantitative estimate of drug-likeness (QED) is 0.764. The van der Waals surface area contributed by atoms with Crippen LogP contribution in [0.5, 0.6) is 0 Å². The van der Waals surface area contributed by atoms with Crippen molar-refractivity contribution in [3.8, 4) is 11.3 Å². The van der Waals surface area contributed by atoms with Gasteiger partial charge in [-0.1, -0.05) is 42.8 Å². The zero-order valence-electron chi connectivity index (χ0n) is 11.8. The molecule has 0 radical (unpaired) electrons. The highest BCUT2D eigenvalue weighted by Gasteiger charge is 2.23. The number of nitrogens with two attached hydrogens (primary N) is 1. The fourth-order valence-corrected chi connectivity index (χ4v) is 3.00. The fraction of sp³-hybridized carbons (Fsp3) is 0.222. The molecule has 21 heavy (non-hydrogen) atoms. The highest BCUT2D eigenvalue weighted by Crippen LogP contribution is 2.41. The number of nitrogens with zero attached hydrogens (tertiary/aromatic N) is 2. The van der Waals surface area contributed by atoms with Gasteiger partial charge in [0.05, 0.1) is 11.0 Å². The van der Waals surface area contributed by atoms with E-state index in [2.05, 4.69) is 23.2 Å². The standard InChI is InChI=1S/C18H17N3/c19-18-17(20-15-10-3-4-11-16(15)21-18)14-9-2-1-8-13(14)12-6-5-7-12/h1-4,8-12H,5-7H2,(H2,19,21). The summed E-state index contributed by atoms with van der Waals surface area (Å²) in [6.45, 7) is 0. The van der Waals surface area contributed by atoms with Crippen LogP contribution in [0.25, 0.3) is 22.3 Å². The lowest BCUT2D eigenvalue weighted by molar-refractivity contribution is 0.420. The molecule has 2 aromatic carbocycles. The Morgan fingerprint density at radius 2 is 1.52 bits per heavy atom. The van der Waals surface area contributed by atoms with Crippen LogP contribution in [0.2, 0.25) is 0 Å². The molecule has 1 fully saturated rings. The van der Waals surface area contributed by atoms with Crippen molar-refractivity contribution in [3.63, 3.8) is 0 Å². The SMILES string of the molecule is Nc1nc2ccccc2nc1-c1ccccc1C1CCC1. The Kier molecular flexibility index (Phi) is 2.85. The molecule has 3 heteroatoms. The molecule has 0 unspecified atom stereocenters. The molecule has 0 saturated heterocycles. The maximum absolute atomic E-state index is 6.17. The van der Waals surface area contributed by atoms with Crippen molar-refractivity contribution in [2.45, 2.75) is 25.2 Å². The lowest BCUT2D eigenvalue weighted by Crippen LogP contribution is -2.11. The van der Waals surface area contributed by atoms with Gasteiger partial charge in [-0.05, 0) is 36.5 Å². The Morgan fingerprint density at radius 3 is 2.24 bits per heavy atom. The van der Waals surface area contributed by atoms with Crippen molar-refractivity contribution >= 4 is 16.9 Å². The molecule has 2 N–H and O–H groups in total. The summed E-state index contributed by atoms with van der Waals surface area (Å²) in [5.74, 6) is 1.16. The minimum Gasteiger partial charge on any atom is -0.382 e. The van der Waals surface area contributed by atoms with Crippen molar-refractivity contribution in [3.05, 3.63) is 54.1 Å². The number of aromatic nitrogens is 2. The highest BCUT2D eigenvalue weighted by molar-refractivity contribution is 5.83. The molecular weight excluding hydrogens is 258 g/mol.